The largest absolute Gasteiger partial charge is 0.480 e. The van der Waals surface area contributed by atoms with Gasteiger partial charge < -0.3 is 10.0 Å². The third-order valence-electron chi connectivity index (χ3n) is 5.60. The van der Waals surface area contributed by atoms with Crippen LogP contribution in [-0.4, -0.2) is 39.7 Å². The predicted molar refractivity (Wildman–Crippen MR) is 90.1 cm³/mol. The third-order valence-corrected chi connectivity index (χ3v) is 6.50. The highest BCUT2D eigenvalue weighted by Gasteiger charge is 2.50. The zero-order valence-electron chi connectivity index (χ0n) is 13.8. The topological polar surface area (TPSA) is 57.6 Å². The fourth-order valence-electron chi connectivity index (χ4n) is 4.60. The molecule has 0 aromatic rings. The van der Waals surface area contributed by atoms with E-state index in [0.29, 0.717) is 13.0 Å². The maximum atomic E-state index is 12.9. The van der Waals surface area contributed by atoms with E-state index in [1.807, 2.05) is 0 Å². The van der Waals surface area contributed by atoms with Crippen molar-refractivity contribution >= 4 is 24.5 Å². The Balaban J connectivity index is 2.13. The van der Waals surface area contributed by atoms with Gasteiger partial charge in [0.05, 0.1) is 5.92 Å². The second-order valence-corrected chi connectivity index (χ2v) is 7.54. The quantitative estimate of drug-likeness (QED) is 0.736. The highest BCUT2D eigenvalue weighted by Crippen LogP contribution is 2.52. The minimum Gasteiger partial charge on any atom is -0.480 e. The van der Waals surface area contributed by atoms with E-state index in [9.17, 15) is 14.7 Å². The lowest BCUT2D eigenvalue weighted by molar-refractivity contribution is -0.149. The molecule has 2 unspecified atom stereocenters. The summed E-state index contributed by atoms with van der Waals surface area (Å²) < 4.78 is 0. The summed E-state index contributed by atoms with van der Waals surface area (Å²) in [6.45, 7) is 4.96. The number of carboxylic acids is 1. The van der Waals surface area contributed by atoms with Crippen molar-refractivity contribution in [3.8, 4) is 0 Å². The Kier molecular flexibility index (Phi) is 5.81. The fraction of sp³-hybridized carbons (Fsp3) is 0.882. The predicted octanol–water partition coefficient (Wildman–Crippen LogP) is 3.36. The molecule has 1 aliphatic heterocycles. The number of hydrogen-bond acceptors (Lipinski definition) is 3. The minimum atomic E-state index is -0.868. The second kappa shape index (κ2) is 7.24. The molecule has 5 heteroatoms. The monoisotopic (exact) mass is 327 g/mol. The number of hydrogen-bond donors (Lipinski definition) is 2. The van der Waals surface area contributed by atoms with Crippen molar-refractivity contribution in [2.75, 3.05) is 6.54 Å². The van der Waals surface area contributed by atoms with Crippen molar-refractivity contribution in [2.24, 2.45) is 11.3 Å². The number of rotatable bonds is 6. The van der Waals surface area contributed by atoms with Gasteiger partial charge in [0.2, 0.25) is 5.91 Å². The lowest BCUT2D eigenvalue weighted by Gasteiger charge is -2.35. The van der Waals surface area contributed by atoms with E-state index in [1.165, 1.54) is 0 Å². The van der Waals surface area contributed by atoms with Crippen LogP contribution < -0.4 is 0 Å². The van der Waals surface area contributed by atoms with E-state index in [2.05, 4.69) is 13.8 Å². The lowest BCUT2D eigenvalue weighted by atomic mass is 9.76. The average Bonchev–Trinajstić information content (AvgIpc) is 3.06. The summed E-state index contributed by atoms with van der Waals surface area (Å²) in [4.78, 5) is 25.8. The van der Waals surface area contributed by atoms with Crippen LogP contribution in [0.5, 0.6) is 0 Å². The molecule has 3 atom stereocenters. The number of carbonyl (C=O) groups excluding carboxylic acids is 1. The zero-order chi connectivity index (χ0) is 16.3. The van der Waals surface area contributed by atoms with Gasteiger partial charge in [-0.1, -0.05) is 26.7 Å². The van der Waals surface area contributed by atoms with Gasteiger partial charge in [-0.15, -0.1) is 0 Å². The molecular weight excluding hydrogens is 298 g/mol. The summed E-state index contributed by atoms with van der Waals surface area (Å²) in [5, 5.41) is 9.36. The maximum Gasteiger partial charge on any atom is 0.326 e. The highest BCUT2D eigenvalue weighted by molar-refractivity contribution is 7.81. The third kappa shape index (κ3) is 3.15. The van der Waals surface area contributed by atoms with Gasteiger partial charge in [0.1, 0.15) is 6.04 Å². The van der Waals surface area contributed by atoms with Gasteiger partial charge in [0, 0.05) is 11.8 Å². The first-order valence-electron chi connectivity index (χ1n) is 8.68. The zero-order valence-corrected chi connectivity index (χ0v) is 14.6. The number of carboxylic acid groups (broad SMARTS) is 1. The van der Waals surface area contributed by atoms with Gasteiger partial charge in [-0.25, -0.2) is 4.79 Å². The molecule has 0 bridgehead atoms. The summed E-state index contributed by atoms with van der Waals surface area (Å²) in [5.41, 5.74) is 0.158. The Morgan fingerprint density at radius 3 is 2.41 bits per heavy atom. The molecule has 1 N–H and O–H groups in total. The number of carbonyl (C=O) groups is 2. The van der Waals surface area contributed by atoms with Crippen molar-refractivity contribution in [1.82, 2.24) is 4.90 Å². The molecule has 0 aromatic heterocycles. The van der Waals surface area contributed by atoms with Gasteiger partial charge >= 0.3 is 5.97 Å². The molecule has 22 heavy (non-hydrogen) atoms. The summed E-state index contributed by atoms with van der Waals surface area (Å²) >= 11 is 4.85. The molecule has 0 spiro atoms. The van der Waals surface area contributed by atoms with Crippen molar-refractivity contribution < 1.29 is 14.7 Å². The summed E-state index contributed by atoms with van der Waals surface area (Å²) in [6, 6.07) is -0.625. The van der Waals surface area contributed by atoms with Crippen LogP contribution in [0.4, 0.5) is 0 Å². The van der Waals surface area contributed by atoms with Gasteiger partial charge in [-0.3, -0.25) is 4.79 Å². The van der Waals surface area contributed by atoms with E-state index in [-0.39, 0.29) is 22.5 Å². The van der Waals surface area contributed by atoms with E-state index < -0.39 is 12.0 Å². The molecule has 1 heterocycles. The van der Waals surface area contributed by atoms with Crippen LogP contribution in [0.1, 0.15) is 65.2 Å². The molecule has 2 rings (SSSR count). The molecule has 2 aliphatic rings. The second-order valence-electron chi connectivity index (χ2n) is 6.98. The Morgan fingerprint density at radius 2 is 1.86 bits per heavy atom. The van der Waals surface area contributed by atoms with Crippen LogP contribution in [0.2, 0.25) is 0 Å². The normalized spacial score (nSPS) is 30.7. The summed E-state index contributed by atoms with van der Waals surface area (Å²) in [7, 11) is 0. The first-order chi connectivity index (χ1) is 10.5. The average molecular weight is 327 g/mol. The van der Waals surface area contributed by atoms with Crippen LogP contribution in [0, 0.1) is 11.3 Å². The molecule has 1 amide bonds. The van der Waals surface area contributed by atoms with Gasteiger partial charge in [0.15, 0.2) is 0 Å². The Hall–Kier alpha value is -0.710. The highest BCUT2D eigenvalue weighted by atomic mass is 32.1. The number of nitrogens with zero attached hydrogens (tertiary/aromatic N) is 1. The fourth-order valence-corrected chi connectivity index (χ4v) is 5.26. The SMILES string of the molecule is CCCC1(CCC)CCC(C(=O)N2CCC[C@H]2C(=O)O)C1S. The number of likely N-dealkylation sites (tertiary alicyclic amines) is 1. The van der Waals surface area contributed by atoms with Crippen molar-refractivity contribution in [3.63, 3.8) is 0 Å². The van der Waals surface area contributed by atoms with E-state index in [0.717, 1.165) is 44.9 Å². The number of thiol groups is 1. The molecule has 1 saturated carbocycles. The van der Waals surface area contributed by atoms with Gasteiger partial charge in [0.25, 0.3) is 0 Å². The van der Waals surface area contributed by atoms with Gasteiger partial charge in [-0.2, -0.15) is 12.6 Å². The smallest absolute Gasteiger partial charge is 0.326 e. The molecule has 4 nitrogen and oxygen atoms in total. The number of amides is 1. The first kappa shape index (κ1) is 17.6. The van der Waals surface area contributed by atoms with Crippen molar-refractivity contribution in [1.29, 1.82) is 0 Å². The molecule has 126 valence electrons. The molecule has 1 saturated heterocycles. The summed E-state index contributed by atoms with van der Waals surface area (Å²) in [5.74, 6) is -0.951. The minimum absolute atomic E-state index is 0.0268. The molecule has 2 fully saturated rings. The molecule has 0 radical (unpaired) electrons. The van der Waals surface area contributed by atoms with E-state index >= 15 is 0 Å². The Morgan fingerprint density at radius 1 is 1.23 bits per heavy atom. The van der Waals surface area contributed by atoms with Crippen LogP contribution in [0.3, 0.4) is 0 Å². The molecule has 0 aromatic carbocycles. The van der Waals surface area contributed by atoms with E-state index in [4.69, 9.17) is 12.6 Å². The van der Waals surface area contributed by atoms with Crippen LogP contribution in [0.15, 0.2) is 0 Å². The standard InChI is InChI=1S/C17H29NO3S/c1-3-8-17(9-4-2)10-7-12(14(17)22)15(19)18-11-5-6-13(18)16(20)21/h12-14,22H,3-11H2,1-2H3,(H,20,21)/t12?,13-,14?/m0/s1. The Labute approximate surface area is 139 Å². The van der Waals surface area contributed by atoms with Crippen molar-refractivity contribution in [2.45, 2.75) is 76.5 Å². The van der Waals surface area contributed by atoms with Crippen LogP contribution in [0.25, 0.3) is 0 Å². The number of aliphatic carboxylic acids is 1. The molecule has 1 aliphatic carbocycles. The Bertz CT molecular complexity index is 420. The van der Waals surface area contributed by atoms with E-state index in [1.54, 1.807) is 4.90 Å². The molecular formula is C17H29NO3S. The van der Waals surface area contributed by atoms with Crippen molar-refractivity contribution in [3.05, 3.63) is 0 Å². The maximum absolute atomic E-state index is 12.9. The lowest BCUT2D eigenvalue weighted by Crippen LogP contribution is -2.45. The van der Waals surface area contributed by atoms with Crippen LogP contribution in [-0.2, 0) is 9.59 Å². The van der Waals surface area contributed by atoms with Gasteiger partial charge in [-0.05, 0) is 43.9 Å². The first-order valence-corrected chi connectivity index (χ1v) is 9.20. The summed E-state index contributed by atoms with van der Waals surface area (Å²) in [6.07, 6.45) is 7.73. The van der Waals surface area contributed by atoms with Crippen LogP contribution >= 0.6 is 12.6 Å².